The average molecular weight is 304 g/mol. The van der Waals surface area contributed by atoms with Crippen molar-refractivity contribution >= 4 is 40.6 Å². The zero-order chi connectivity index (χ0) is 15.1. The van der Waals surface area contributed by atoms with Crippen LogP contribution in [0.4, 0.5) is 17.2 Å². The van der Waals surface area contributed by atoms with Crippen LogP contribution in [0.15, 0.2) is 24.4 Å². The van der Waals surface area contributed by atoms with Crippen LogP contribution in [0, 0.1) is 0 Å². The second-order valence-corrected chi connectivity index (χ2v) is 4.84. The fraction of sp³-hybridized carbons (Fsp3) is 0.0769. The van der Waals surface area contributed by atoms with Gasteiger partial charge in [-0.2, -0.15) is 4.98 Å². The van der Waals surface area contributed by atoms with E-state index in [0.29, 0.717) is 28.3 Å². The summed E-state index contributed by atoms with van der Waals surface area (Å²) in [7, 11) is 1.44. The first-order valence-corrected chi connectivity index (χ1v) is 6.36. The summed E-state index contributed by atoms with van der Waals surface area (Å²) in [5, 5.41) is 3.00. The monoisotopic (exact) mass is 303 g/mol. The SMILES string of the molecule is CN1C(=O)c2ccc(Nc3nc(Cl)ncc3N)cc2C1=O. The highest BCUT2D eigenvalue weighted by Crippen LogP contribution is 2.27. The normalized spacial score (nSPS) is 13.5. The van der Waals surface area contributed by atoms with Gasteiger partial charge in [0.25, 0.3) is 11.8 Å². The summed E-state index contributed by atoms with van der Waals surface area (Å²) in [5.41, 5.74) is 7.36. The van der Waals surface area contributed by atoms with Crippen molar-refractivity contribution in [3.05, 3.63) is 40.8 Å². The molecule has 0 bridgehead atoms. The molecule has 1 aromatic carbocycles. The van der Waals surface area contributed by atoms with E-state index in [4.69, 9.17) is 17.3 Å². The molecule has 8 heteroatoms. The van der Waals surface area contributed by atoms with Gasteiger partial charge in [0.2, 0.25) is 5.28 Å². The Kier molecular flexibility index (Phi) is 2.99. The third kappa shape index (κ3) is 2.17. The van der Waals surface area contributed by atoms with Crippen LogP contribution in [0.25, 0.3) is 0 Å². The summed E-state index contributed by atoms with van der Waals surface area (Å²) in [4.78, 5) is 32.5. The van der Waals surface area contributed by atoms with Gasteiger partial charge < -0.3 is 11.1 Å². The number of anilines is 3. The summed E-state index contributed by atoms with van der Waals surface area (Å²) in [6.45, 7) is 0. The number of aromatic nitrogens is 2. The molecule has 1 aliphatic rings. The molecule has 7 nitrogen and oxygen atoms in total. The van der Waals surface area contributed by atoms with Gasteiger partial charge in [-0.1, -0.05) is 0 Å². The van der Waals surface area contributed by atoms with Gasteiger partial charge in [-0.3, -0.25) is 14.5 Å². The van der Waals surface area contributed by atoms with E-state index in [0.717, 1.165) is 4.90 Å². The van der Waals surface area contributed by atoms with Gasteiger partial charge in [-0.05, 0) is 29.8 Å². The number of nitrogen functional groups attached to an aromatic ring is 1. The van der Waals surface area contributed by atoms with Crippen LogP contribution in [-0.4, -0.2) is 33.7 Å². The Labute approximate surface area is 124 Å². The largest absolute Gasteiger partial charge is 0.394 e. The van der Waals surface area contributed by atoms with Gasteiger partial charge in [0, 0.05) is 12.7 Å². The van der Waals surface area contributed by atoms with Gasteiger partial charge in [-0.15, -0.1) is 0 Å². The lowest BCUT2D eigenvalue weighted by Crippen LogP contribution is -2.24. The molecule has 0 atom stereocenters. The van der Waals surface area contributed by atoms with E-state index >= 15 is 0 Å². The minimum absolute atomic E-state index is 0.0545. The number of nitrogens with one attached hydrogen (secondary N) is 1. The van der Waals surface area contributed by atoms with Gasteiger partial charge in [0.05, 0.1) is 23.0 Å². The molecule has 2 amide bonds. The minimum Gasteiger partial charge on any atom is -0.394 e. The molecule has 0 saturated carbocycles. The van der Waals surface area contributed by atoms with E-state index in [-0.39, 0.29) is 17.1 Å². The lowest BCUT2D eigenvalue weighted by atomic mass is 10.1. The highest BCUT2D eigenvalue weighted by molar-refractivity contribution is 6.28. The molecule has 106 valence electrons. The Hall–Kier alpha value is -2.67. The maximum Gasteiger partial charge on any atom is 0.261 e. The Morgan fingerprint density at radius 3 is 2.71 bits per heavy atom. The Morgan fingerprint density at radius 2 is 1.95 bits per heavy atom. The molecule has 1 aromatic heterocycles. The van der Waals surface area contributed by atoms with E-state index in [1.54, 1.807) is 18.2 Å². The number of benzene rings is 1. The van der Waals surface area contributed by atoms with Crippen molar-refractivity contribution in [2.24, 2.45) is 0 Å². The van der Waals surface area contributed by atoms with Gasteiger partial charge in [0.15, 0.2) is 5.82 Å². The number of hydrogen-bond donors (Lipinski definition) is 2. The molecule has 0 aliphatic carbocycles. The summed E-state index contributed by atoms with van der Waals surface area (Å²) >= 11 is 5.72. The van der Waals surface area contributed by atoms with E-state index < -0.39 is 0 Å². The number of halogens is 1. The predicted octanol–water partition coefficient (Wildman–Crippen LogP) is 1.68. The Morgan fingerprint density at radius 1 is 1.24 bits per heavy atom. The number of carbonyl (C=O) groups is 2. The molecule has 0 fully saturated rings. The fourth-order valence-corrected chi connectivity index (χ4v) is 2.18. The smallest absolute Gasteiger partial charge is 0.261 e. The van der Waals surface area contributed by atoms with Crippen LogP contribution in [0.3, 0.4) is 0 Å². The zero-order valence-electron chi connectivity index (χ0n) is 10.9. The van der Waals surface area contributed by atoms with Gasteiger partial charge in [-0.25, -0.2) is 4.98 Å². The average Bonchev–Trinajstić information content (AvgIpc) is 2.68. The van der Waals surface area contributed by atoms with Crippen molar-refractivity contribution in [3.63, 3.8) is 0 Å². The standard InChI is InChI=1S/C13H10ClN5O2/c1-19-11(20)7-3-2-6(4-8(7)12(19)21)17-10-9(15)5-16-13(14)18-10/h2-5H,15H2,1H3,(H,16,17,18). The van der Waals surface area contributed by atoms with Crippen LogP contribution in [0.5, 0.6) is 0 Å². The van der Waals surface area contributed by atoms with Crippen molar-refractivity contribution in [2.75, 3.05) is 18.1 Å². The van der Waals surface area contributed by atoms with E-state index in [1.807, 2.05) is 0 Å². The molecule has 0 unspecified atom stereocenters. The lowest BCUT2D eigenvalue weighted by molar-refractivity contribution is 0.0693. The number of nitrogens with zero attached hydrogens (tertiary/aromatic N) is 3. The molecule has 1 aliphatic heterocycles. The Balaban J connectivity index is 1.97. The number of hydrogen-bond acceptors (Lipinski definition) is 6. The highest BCUT2D eigenvalue weighted by Gasteiger charge is 2.32. The molecule has 0 spiro atoms. The quantitative estimate of drug-likeness (QED) is 0.646. The molecular formula is C13H10ClN5O2. The van der Waals surface area contributed by atoms with Crippen molar-refractivity contribution in [3.8, 4) is 0 Å². The molecule has 0 radical (unpaired) electrons. The molecule has 2 heterocycles. The minimum atomic E-state index is -0.340. The number of imide groups is 1. The zero-order valence-corrected chi connectivity index (χ0v) is 11.7. The third-order valence-corrected chi connectivity index (χ3v) is 3.32. The molecule has 2 aromatic rings. The molecule has 0 saturated heterocycles. The van der Waals surface area contributed by atoms with Crippen LogP contribution in [-0.2, 0) is 0 Å². The van der Waals surface area contributed by atoms with Crippen LogP contribution >= 0.6 is 11.6 Å². The van der Waals surface area contributed by atoms with E-state index in [2.05, 4.69) is 15.3 Å². The second-order valence-electron chi connectivity index (χ2n) is 4.50. The topological polar surface area (TPSA) is 101 Å². The maximum atomic E-state index is 11.9. The van der Waals surface area contributed by atoms with Gasteiger partial charge >= 0.3 is 0 Å². The number of carbonyl (C=O) groups excluding carboxylic acids is 2. The number of amides is 2. The molecule has 21 heavy (non-hydrogen) atoms. The summed E-state index contributed by atoms with van der Waals surface area (Å²) in [5.74, 6) is -0.321. The Bertz CT molecular complexity index is 777. The van der Waals surface area contributed by atoms with Crippen molar-refractivity contribution in [2.45, 2.75) is 0 Å². The first-order chi connectivity index (χ1) is 9.97. The van der Waals surface area contributed by atoms with Crippen LogP contribution in [0.1, 0.15) is 20.7 Å². The first-order valence-electron chi connectivity index (χ1n) is 5.99. The number of nitrogens with two attached hydrogens (primary N) is 1. The molecule has 3 rings (SSSR count). The van der Waals surface area contributed by atoms with E-state index in [9.17, 15) is 9.59 Å². The van der Waals surface area contributed by atoms with Crippen molar-refractivity contribution < 1.29 is 9.59 Å². The maximum absolute atomic E-state index is 11.9. The van der Waals surface area contributed by atoms with E-state index in [1.165, 1.54) is 13.2 Å². The molecule has 3 N–H and O–H groups in total. The lowest BCUT2D eigenvalue weighted by Gasteiger charge is -2.08. The van der Waals surface area contributed by atoms with Crippen LogP contribution < -0.4 is 11.1 Å². The number of rotatable bonds is 2. The number of fused-ring (bicyclic) bond motifs is 1. The highest BCUT2D eigenvalue weighted by atomic mass is 35.5. The second kappa shape index (κ2) is 4.71. The summed E-state index contributed by atoms with van der Waals surface area (Å²) in [6.07, 6.45) is 1.38. The fourth-order valence-electron chi connectivity index (χ4n) is 2.05. The summed E-state index contributed by atoms with van der Waals surface area (Å²) < 4.78 is 0. The van der Waals surface area contributed by atoms with Crippen molar-refractivity contribution in [1.29, 1.82) is 0 Å². The van der Waals surface area contributed by atoms with Crippen molar-refractivity contribution in [1.82, 2.24) is 14.9 Å². The predicted molar refractivity (Wildman–Crippen MR) is 77.6 cm³/mol. The van der Waals surface area contributed by atoms with Crippen LogP contribution in [0.2, 0.25) is 5.28 Å². The summed E-state index contributed by atoms with van der Waals surface area (Å²) in [6, 6.07) is 4.83. The third-order valence-electron chi connectivity index (χ3n) is 3.14. The van der Waals surface area contributed by atoms with Gasteiger partial charge in [0.1, 0.15) is 0 Å². The first kappa shape index (κ1) is 13.3. The molecular weight excluding hydrogens is 294 g/mol.